The van der Waals surface area contributed by atoms with Crippen LogP contribution in [0.3, 0.4) is 0 Å². The largest absolute Gasteiger partial charge is 0.363 e. The molecule has 13 heavy (non-hydrogen) atoms. The fourth-order valence-electron chi connectivity index (χ4n) is 0.984. The molecule has 1 aromatic rings. The van der Waals surface area contributed by atoms with Crippen LogP contribution in [-0.4, -0.2) is 27.5 Å². The third-order valence-electron chi connectivity index (χ3n) is 1.66. The highest BCUT2D eigenvalue weighted by Crippen LogP contribution is 2.09. The van der Waals surface area contributed by atoms with Crippen LogP contribution in [0.4, 0.5) is 0 Å². The van der Waals surface area contributed by atoms with E-state index in [1.54, 1.807) is 13.1 Å². The van der Waals surface area contributed by atoms with Gasteiger partial charge in [0.2, 0.25) is 10.0 Å². The molecule has 0 unspecified atom stereocenters. The number of sulfonamides is 1. The zero-order valence-electron chi connectivity index (χ0n) is 7.59. The molecule has 6 heteroatoms. The molecule has 5 nitrogen and oxygen atoms in total. The second kappa shape index (κ2) is 3.91. The lowest BCUT2D eigenvalue weighted by molar-refractivity contribution is 0.588. The first-order valence-electron chi connectivity index (χ1n) is 3.85. The fourth-order valence-corrected chi connectivity index (χ4v) is 1.73. The van der Waals surface area contributed by atoms with E-state index in [1.807, 2.05) is 0 Å². The maximum Gasteiger partial charge on any atom is 0.241 e. The zero-order valence-corrected chi connectivity index (χ0v) is 8.40. The smallest absolute Gasteiger partial charge is 0.241 e. The first kappa shape index (κ1) is 10.2. The predicted molar refractivity (Wildman–Crippen MR) is 49.8 cm³/mol. The van der Waals surface area contributed by atoms with Gasteiger partial charge < -0.3 is 10.3 Å². The third kappa shape index (κ3) is 2.30. The van der Waals surface area contributed by atoms with E-state index < -0.39 is 10.0 Å². The molecular formula is C7H13N3O2S. The summed E-state index contributed by atoms with van der Waals surface area (Å²) in [7, 11) is -0.117. The molecule has 0 aliphatic rings. The maximum atomic E-state index is 11.3. The van der Waals surface area contributed by atoms with Crippen molar-refractivity contribution in [2.45, 2.75) is 11.4 Å². The summed E-state index contributed by atoms with van der Waals surface area (Å²) in [5.41, 5.74) is 0.844. The minimum absolute atomic E-state index is 0.264. The van der Waals surface area contributed by atoms with Crippen molar-refractivity contribution in [3.63, 3.8) is 0 Å². The first-order chi connectivity index (χ1) is 6.10. The Hall–Kier alpha value is -0.850. The molecule has 0 aliphatic heterocycles. The number of hydrogen-bond donors (Lipinski definition) is 3. The van der Waals surface area contributed by atoms with Crippen LogP contribution in [0.1, 0.15) is 5.69 Å². The molecule has 0 atom stereocenters. The molecular weight excluding hydrogens is 190 g/mol. The summed E-state index contributed by atoms with van der Waals surface area (Å²) in [4.78, 5) is 3.13. The van der Waals surface area contributed by atoms with Gasteiger partial charge in [0.1, 0.15) is 0 Å². The Bertz CT molecular complexity index is 369. The van der Waals surface area contributed by atoms with Crippen LogP contribution in [0.25, 0.3) is 0 Å². The molecule has 0 saturated carbocycles. The van der Waals surface area contributed by atoms with E-state index >= 15 is 0 Å². The summed E-state index contributed by atoms with van der Waals surface area (Å²) in [5.74, 6) is 0. The summed E-state index contributed by atoms with van der Waals surface area (Å²) in [6.45, 7) is 0.624. The molecule has 0 bridgehead atoms. The van der Waals surface area contributed by atoms with Gasteiger partial charge in [0.05, 0.1) is 4.90 Å². The zero-order chi connectivity index (χ0) is 9.90. The van der Waals surface area contributed by atoms with Gasteiger partial charge in [-0.1, -0.05) is 0 Å². The van der Waals surface area contributed by atoms with E-state index in [1.165, 1.54) is 13.2 Å². The van der Waals surface area contributed by atoms with Gasteiger partial charge in [-0.15, -0.1) is 0 Å². The summed E-state index contributed by atoms with van der Waals surface area (Å²) < 4.78 is 24.8. The van der Waals surface area contributed by atoms with Crippen LogP contribution >= 0.6 is 0 Å². The Morgan fingerprint density at radius 3 is 2.69 bits per heavy atom. The van der Waals surface area contributed by atoms with E-state index in [0.717, 1.165) is 5.69 Å². The summed E-state index contributed by atoms with van der Waals surface area (Å²) in [6.07, 6.45) is 1.47. The minimum Gasteiger partial charge on any atom is -0.363 e. The van der Waals surface area contributed by atoms with Gasteiger partial charge in [-0.3, -0.25) is 0 Å². The number of aromatic nitrogens is 1. The van der Waals surface area contributed by atoms with E-state index in [0.29, 0.717) is 6.54 Å². The molecule has 3 N–H and O–H groups in total. The standard InChI is InChI=1S/C7H13N3O2S/c1-8-4-6-3-7(5-10-6)13(11,12)9-2/h3,5,8-10H,4H2,1-2H3. The van der Waals surface area contributed by atoms with E-state index in [-0.39, 0.29) is 4.90 Å². The Balaban J connectivity index is 2.92. The molecule has 1 rings (SSSR count). The lowest BCUT2D eigenvalue weighted by atomic mass is 10.4. The van der Waals surface area contributed by atoms with Gasteiger partial charge >= 0.3 is 0 Å². The van der Waals surface area contributed by atoms with Crippen molar-refractivity contribution in [1.82, 2.24) is 15.0 Å². The third-order valence-corrected chi connectivity index (χ3v) is 3.06. The average molecular weight is 203 g/mol. The maximum absolute atomic E-state index is 11.3. The normalized spacial score (nSPS) is 11.8. The number of H-pyrrole nitrogens is 1. The van der Waals surface area contributed by atoms with Gasteiger partial charge in [0.25, 0.3) is 0 Å². The van der Waals surface area contributed by atoms with Crippen LogP contribution in [0.2, 0.25) is 0 Å². The Labute approximate surface area is 77.6 Å². The van der Waals surface area contributed by atoms with Crippen molar-refractivity contribution >= 4 is 10.0 Å². The highest BCUT2D eigenvalue weighted by atomic mass is 32.2. The summed E-state index contributed by atoms with van der Waals surface area (Å²) >= 11 is 0. The van der Waals surface area contributed by atoms with Gasteiger partial charge in [0.15, 0.2) is 0 Å². The van der Waals surface area contributed by atoms with E-state index in [2.05, 4.69) is 15.0 Å². The number of nitrogens with one attached hydrogen (secondary N) is 3. The molecule has 0 saturated heterocycles. The Morgan fingerprint density at radius 2 is 2.15 bits per heavy atom. The summed E-state index contributed by atoms with van der Waals surface area (Å²) in [5, 5.41) is 2.92. The number of aromatic amines is 1. The Morgan fingerprint density at radius 1 is 1.46 bits per heavy atom. The molecule has 1 heterocycles. The molecule has 1 aromatic heterocycles. The number of rotatable bonds is 4. The second-order valence-electron chi connectivity index (χ2n) is 2.60. The monoisotopic (exact) mass is 203 g/mol. The van der Waals surface area contributed by atoms with Gasteiger partial charge in [-0.25, -0.2) is 13.1 Å². The van der Waals surface area contributed by atoms with Crippen molar-refractivity contribution in [2.75, 3.05) is 14.1 Å². The van der Waals surface area contributed by atoms with Gasteiger partial charge in [-0.2, -0.15) is 0 Å². The molecule has 74 valence electrons. The lowest BCUT2D eigenvalue weighted by Gasteiger charge is -1.96. The van der Waals surface area contributed by atoms with Crippen molar-refractivity contribution in [2.24, 2.45) is 0 Å². The molecule has 0 radical (unpaired) electrons. The van der Waals surface area contributed by atoms with Crippen LogP contribution in [-0.2, 0) is 16.6 Å². The van der Waals surface area contributed by atoms with E-state index in [4.69, 9.17) is 0 Å². The minimum atomic E-state index is -3.30. The average Bonchev–Trinajstić information content (AvgIpc) is 2.54. The quantitative estimate of drug-likeness (QED) is 0.625. The van der Waals surface area contributed by atoms with Crippen LogP contribution in [0, 0.1) is 0 Å². The molecule has 0 amide bonds. The van der Waals surface area contributed by atoms with Gasteiger partial charge in [-0.05, 0) is 20.2 Å². The molecule has 0 aliphatic carbocycles. The lowest BCUT2D eigenvalue weighted by Crippen LogP contribution is -2.17. The number of hydrogen-bond acceptors (Lipinski definition) is 3. The first-order valence-corrected chi connectivity index (χ1v) is 5.34. The fraction of sp³-hybridized carbons (Fsp3) is 0.429. The van der Waals surface area contributed by atoms with E-state index in [9.17, 15) is 8.42 Å². The second-order valence-corrected chi connectivity index (χ2v) is 4.49. The van der Waals surface area contributed by atoms with Crippen molar-refractivity contribution < 1.29 is 8.42 Å². The predicted octanol–water partition coefficient (Wildman–Crippen LogP) is -0.358. The Kier molecular flexibility index (Phi) is 3.07. The highest BCUT2D eigenvalue weighted by Gasteiger charge is 2.12. The summed E-state index contributed by atoms with van der Waals surface area (Å²) in [6, 6.07) is 1.60. The molecule has 0 fully saturated rings. The highest BCUT2D eigenvalue weighted by molar-refractivity contribution is 7.89. The van der Waals surface area contributed by atoms with Crippen molar-refractivity contribution in [1.29, 1.82) is 0 Å². The topological polar surface area (TPSA) is 74.0 Å². The van der Waals surface area contributed by atoms with Crippen LogP contribution in [0.5, 0.6) is 0 Å². The molecule has 0 spiro atoms. The van der Waals surface area contributed by atoms with Crippen molar-refractivity contribution in [3.8, 4) is 0 Å². The SMILES string of the molecule is CNCc1cc(S(=O)(=O)NC)c[nH]1. The van der Waals surface area contributed by atoms with Gasteiger partial charge in [0, 0.05) is 18.4 Å². The van der Waals surface area contributed by atoms with Crippen LogP contribution < -0.4 is 10.0 Å². The van der Waals surface area contributed by atoms with Crippen molar-refractivity contribution in [3.05, 3.63) is 18.0 Å². The molecule has 0 aromatic carbocycles. The van der Waals surface area contributed by atoms with Crippen LogP contribution in [0.15, 0.2) is 17.2 Å².